The monoisotopic (exact) mass is 289 g/mol. The van der Waals surface area contributed by atoms with Crippen molar-refractivity contribution >= 4 is 5.97 Å². The van der Waals surface area contributed by atoms with Gasteiger partial charge in [-0.1, -0.05) is 27.7 Å². The maximum absolute atomic E-state index is 13.1. The third kappa shape index (κ3) is 3.68. The summed E-state index contributed by atoms with van der Waals surface area (Å²) in [5.41, 5.74) is 0.491. The largest absolute Gasteiger partial charge is 0.456 e. The van der Waals surface area contributed by atoms with E-state index in [1.54, 1.807) is 0 Å². The first-order chi connectivity index (χ1) is 8.99. The highest BCUT2D eigenvalue weighted by molar-refractivity contribution is 5.79. The fourth-order valence-electron chi connectivity index (χ4n) is 4.05. The molecule has 3 nitrogen and oxygen atoms in total. The summed E-state index contributed by atoms with van der Waals surface area (Å²) < 4.78 is 30.9. The molecule has 5 heteroatoms. The minimum absolute atomic E-state index is 0.246. The van der Waals surface area contributed by atoms with E-state index in [1.807, 2.05) is 0 Å². The van der Waals surface area contributed by atoms with Crippen LogP contribution in [-0.4, -0.2) is 30.6 Å². The Kier molecular flexibility index (Phi) is 3.87. The zero-order valence-corrected chi connectivity index (χ0v) is 12.8. The number of hydrogen-bond donors (Lipinski definition) is 1. The minimum Gasteiger partial charge on any atom is -0.456 e. The van der Waals surface area contributed by atoms with Gasteiger partial charge in [-0.05, 0) is 30.1 Å². The number of cyclic esters (lactones) is 1. The fourth-order valence-corrected chi connectivity index (χ4v) is 4.05. The van der Waals surface area contributed by atoms with Gasteiger partial charge in [0.05, 0.1) is 6.42 Å². The van der Waals surface area contributed by atoms with Crippen LogP contribution < -0.4 is 5.32 Å². The highest BCUT2D eigenvalue weighted by Gasteiger charge is 2.50. The molecule has 0 bridgehead atoms. The first-order valence-electron chi connectivity index (χ1n) is 7.31. The topological polar surface area (TPSA) is 38.3 Å². The van der Waals surface area contributed by atoms with Gasteiger partial charge >= 0.3 is 11.9 Å². The van der Waals surface area contributed by atoms with Crippen molar-refractivity contribution in [3.05, 3.63) is 0 Å². The lowest BCUT2D eigenvalue weighted by Crippen LogP contribution is -2.46. The summed E-state index contributed by atoms with van der Waals surface area (Å²) in [6.07, 6.45) is 2.00. The van der Waals surface area contributed by atoms with Crippen LogP contribution in [0.4, 0.5) is 8.78 Å². The third-order valence-electron chi connectivity index (χ3n) is 4.25. The van der Waals surface area contributed by atoms with E-state index in [0.29, 0.717) is 12.6 Å². The zero-order chi connectivity index (χ0) is 15.2. The van der Waals surface area contributed by atoms with E-state index in [9.17, 15) is 13.6 Å². The second kappa shape index (κ2) is 4.93. The number of carbonyl (C=O) groups is 1. The van der Waals surface area contributed by atoms with Crippen LogP contribution in [0.15, 0.2) is 0 Å². The molecule has 0 aromatic heterocycles. The van der Waals surface area contributed by atoms with E-state index in [-0.39, 0.29) is 10.8 Å². The van der Waals surface area contributed by atoms with Crippen molar-refractivity contribution in [2.75, 3.05) is 6.54 Å². The number of ether oxygens (including phenoxy) is 1. The van der Waals surface area contributed by atoms with Gasteiger partial charge < -0.3 is 10.1 Å². The molecule has 1 aliphatic heterocycles. The predicted octanol–water partition coefficient (Wildman–Crippen LogP) is 3.13. The number of hydrogen-bond acceptors (Lipinski definition) is 3. The average Bonchev–Trinajstić information content (AvgIpc) is 2.45. The Morgan fingerprint density at radius 1 is 1.15 bits per heavy atom. The summed E-state index contributed by atoms with van der Waals surface area (Å²) >= 11 is 0. The van der Waals surface area contributed by atoms with Crippen molar-refractivity contribution in [2.24, 2.45) is 10.8 Å². The quantitative estimate of drug-likeness (QED) is 0.811. The third-order valence-corrected chi connectivity index (χ3v) is 4.25. The fraction of sp³-hybridized carbons (Fsp3) is 0.933. The van der Waals surface area contributed by atoms with E-state index in [0.717, 1.165) is 19.3 Å². The van der Waals surface area contributed by atoms with Gasteiger partial charge in [0.15, 0.2) is 0 Å². The minimum atomic E-state index is -3.31. The molecule has 1 heterocycles. The summed E-state index contributed by atoms with van der Waals surface area (Å²) in [5.74, 6) is -4.69. The van der Waals surface area contributed by atoms with Gasteiger partial charge in [0.1, 0.15) is 6.10 Å². The van der Waals surface area contributed by atoms with Crippen molar-refractivity contribution in [1.82, 2.24) is 5.32 Å². The Bertz CT molecular complexity index is 377. The number of carbonyl (C=O) groups excluding carboxylic acids is 1. The molecule has 1 atom stereocenters. The van der Waals surface area contributed by atoms with Crippen molar-refractivity contribution < 1.29 is 18.3 Å². The Morgan fingerprint density at radius 2 is 1.70 bits per heavy atom. The molecule has 1 aliphatic carbocycles. The Balaban J connectivity index is 1.87. The van der Waals surface area contributed by atoms with Crippen molar-refractivity contribution in [3.63, 3.8) is 0 Å². The van der Waals surface area contributed by atoms with Gasteiger partial charge in [-0.25, -0.2) is 4.79 Å². The lowest BCUT2D eigenvalue weighted by atomic mass is 9.63. The van der Waals surface area contributed by atoms with Crippen molar-refractivity contribution in [3.8, 4) is 0 Å². The van der Waals surface area contributed by atoms with Crippen LogP contribution in [0.3, 0.4) is 0 Å². The summed E-state index contributed by atoms with van der Waals surface area (Å²) in [6, 6.07) is 0.293. The number of esters is 1. The molecule has 2 aliphatic rings. The predicted molar refractivity (Wildman–Crippen MR) is 72.6 cm³/mol. The Morgan fingerprint density at radius 3 is 2.15 bits per heavy atom. The maximum Gasteiger partial charge on any atom is 0.377 e. The lowest BCUT2D eigenvalue weighted by Gasteiger charge is -2.45. The summed E-state index contributed by atoms with van der Waals surface area (Å²) in [5, 5.41) is 3.32. The van der Waals surface area contributed by atoms with Gasteiger partial charge in [-0.15, -0.1) is 0 Å². The molecule has 0 amide bonds. The molecular weight excluding hydrogens is 264 g/mol. The van der Waals surface area contributed by atoms with Gasteiger partial charge in [0.2, 0.25) is 0 Å². The summed E-state index contributed by atoms with van der Waals surface area (Å²) in [6.45, 7) is 9.29. The van der Waals surface area contributed by atoms with E-state index >= 15 is 0 Å². The molecule has 116 valence electrons. The molecule has 0 aromatic rings. The number of halogens is 2. The average molecular weight is 289 g/mol. The molecule has 1 saturated carbocycles. The van der Waals surface area contributed by atoms with E-state index in [1.165, 1.54) is 0 Å². The highest BCUT2D eigenvalue weighted by Crippen LogP contribution is 2.45. The molecule has 2 rings (SSSR count). The number of nitrogens with one attached hydrogen (secondary N) is 1. The Hall–Kier alpha value is -0.710. The van der Waals surface area contributed by atoms with Gasteiger partial charge in [0.25, 0.3) is 0 Å². The number of rotatable bonds is 3. The van der Waals surface area contributed by atoms with Gasteiger partial charge in [-0.2, -0.15) is 8.78 Å². The molecule has 1 N–H and O–H groups in total. The van der Waals surface area contributed by atoms with E-state index < -0.39 is 24.4 Å². The van der Waals surface area contributed by atoms with Crippen LogP contribution in [0.2, 0.25) is 0 Å². The van der Waals surface area contributed by atoms with E-state index in [4.69, 9.17) is 4.74 Å². The molecule has 0 spiro atoms. The van der Waals surface area contributed by atoms with Crippen molar-refractivity contribution in [1.29, 1.82) is 0 Å². The SMILES string of the molecule is CC1(C)CC(NCC2CC(F)(F)C(=O)O2)CC(C)(C)C1. The molecule has 1 unspecified atom stereocenters. The zero-order valence-electron chi connectivity index (χ0n) is 12.8. The van der Waals surface area contributed by atoms with Crippen LogP contribution in [0.5, 0.6) is 0 Å². The highest BCUT2D eigenvalue weighted by atomic mass is 19.3. The van der Waals surface area contributed by atoms with Crippen LogP contribution in [0, 0.1) is 10.8 Å². The summed E-state index contributed by atoms with van der Waals surface area (Å²) in [4.78, 5) is 11.0. The van der Waals surface area contributed by atoms with Gasteiger partial charge in [0, 0.05) is 12.6 Å². The second-order valence-electron chi connectivity index (χ2n) is 7.95. The molecule has 1 saturated heterocycles. The molecule has 0 radical (unpaired) electrons. The number of alkyl halides is 2. The van der Waals surface area contributed by atoms with E-state index in [2.05, 4.69) is 33.0 Å². The molecule has 2 fully saturated rings. The van der Waals surface area contributed by atoms with Crippen LogP contribution >= 0.6 is 0 Å². The standard InChI is InChI=1S/C15H25F2NO2/c1-13(2)5-10(6-14(3,4)9-13)18-8-11-7-15(16,17)12(19)20-11/h10-11,18H,5-9H2,1-4H3. The second-order valence-corrected chi connectivity index (χ2v) is 7.95. The normalized spacial score (nSPS) is 32.1. The maximum atomic E-state index is 13.1. The van der Waals surface area contributed by atoms with Crippen molar-refractivity contribution in [2.45, 2.75) is 71.4 Å². The van der Waals surface area contributed by atoms with Gasteiger partial charge in [-0.3, -0.25) is 0 Å². The molecular formula is C15H25F2NO2. The summed E-state index contributed by atoms with van der Waals surface area (Å²) in [7, 11) is 0. The molecule has 20 heavy (non-hydrogen) atoms. The van der Waals surface area contributed by atoms with Crippen LogP contribution in [0.1, 0.15) is 53.4 Å². The smallest absolute Gasteiger partial charge is 0.377 e. The Labute approximate surface area is 119 Å². The molecule has 0 aromatic carbocycles. The van der Waals surface area contributed by atoms with Crippen LogP contribution in [0.25, 0.3) is 0 Å². The first-order valence-corrected chi connectivity index (χ1v) is 7.31. The first kappa shape index (κ1) is 15.7. The lowest BCUT2D eigenvalue weighted by molar-refractivity contribution is -0.159. The van der Waals surface area contributed by atoms with Crippen LogP contribution in [-0.2, 0) is 9.53 Å².